The number of ketones is 1. The smallest absolute Gasteiger partial charge is 0.374 e. The fourth-order valence-electron chi connectivity index (χ4n) is 1.49. The third-order valence-corrected chi connectivity index (χ3v) is 2.29. The van der Waals surface area contributed by atoms with Crippen molar-refractivity contribution in [1.29, 1.82) is 0 Å². The van der Waals surface area contributed by atoms with Gasteiger partial charge < -0.3 is 4.74 Å². The number of nitrogens with zero attached hydrogens (tertiary/aromatic N) is 1. The van der Waals surface area contributed by atoms with E-state index < -0.39 is 16.7 Å². The summed E-state index contributed by atoms with van der Waals surface area (Å²) in [4.78, 5) is 32.9. The van der Waals surface area contributed by atoms with Crippen LogP contribution in [0, 0.1) is 17.0 Å². The molecule has 1 aromatic rings. The molecule has 0 spiro atoms. The Morgan fingerprint density at radius 1 is 1.39 bits per heavy atom. The lowest BCUT2D eigenvalue weighted by atomic mass is 10.0. The van der Waals surface area contributed by atoms with Gasteiger partial charge in [-0.25, -0.2) is 4.79 Å². The second kappa shape index (κ2) is 5.90. The molecule has 0 aliphatic carbocycles. The molecule has 0 saturated carbocycles. The van der Waals surface area contributed by atoms with Gasteiger partial charge in [-0.1, -0.05) is 11.6 Å². The zero-order valence-electron chi connectivity index (χ0n) is 10.1. The number of hydrogen-bond acceptors (Lipinski definition) is 5. The number of nitro groups is 1. The molecule has 0 bridgehead atoms. The van der Waals surface area contributed by atoms with E-state index in [0.29, 0.717) is 0 Å². The summed E-state index contributed by atoms with van der Waals surface area (Å²) in [5.41, 5.74) is 0.837. The first kappa shape index (κ1) is 13.8. The highest BCUT2D eigenvalue weighted by Gasteiger charge is 2.21. The van der Waals surface area contributed by atoms with Crippen molar-refractivity contribution in [3.8, 4) is 0 Å². The summed E-state index contributed by atoms with van der Waals surface area (Å²) in [6.45, 7) is 3.43. The maximum Gasteiger partial charge on any atom is 0.374 e. The van der Waals surface area contributed by atoms with Gasteiger partial charge in [-0.2, -0.15) is 0 Å². The molecule has 0 saturated heterocycles. The Balaban J connectivity index is 2.96. The number of Topliss-reactive ketones (excluding diaryl/α,β-unsaturated/α-hetero) is 1. The van der Waals surface area contributed by atoms with E-state index in [1.54, 1.807) is 19.9 Å². The highest BCUT2D eigenvalue weighted by atomic mass is 16.6. The van der Waals surface area contributed by atoms with Gasteiger partial charge in [0.05, 0.1) is 11.5 Å². The summed E-state index contributed by atoms with van der Waals surface area (Å²) in [5.74, 6) is -1.75. The lowest BCUT2D eigenvalue weighted by Gasteiger charge is -2.03. The molecule has 1 aromatic carbocycles. The highest BCUT2D eigenvalue weighted by Crippen LogP contribution is 2.20. The van der Waals surface area contributed by atoms with Gasteiger partial charge >= 0.3 is 5.97 Å². The summed E-state index contributed by atoms with van der Waals surface area (Å²) in [7, 11) is 0. The van der Waals surface area contributed by atoms with Crippen molar-refractivity contribution in [2.24, 2.45) is 0 Å². The van der Waals surface area contributed by atoms with Gasteiger partial charge in [-0.05, 0) is 19.9 Å². The molecule has 0 aliphatic heterocycles. The van der Waals surface area contributed by atoms with E-state index in [2.05, 4.69) is 4.74 Å². The Morgan fingerprint density at radius 3 is 2.61 bits per heavy atom. The number of benzene rings is 1. The van der Waals surface area contributed by atoms with Crippen molar-refractivity contribution in [2.45, 2.75) is 20.3 Å². The van der Waals surface area contributed by atoms with E-state index in [-0.39, 0.29) is 24.3 Å². The van der Waals surface area contributed by atoms with Crippen molar-refractivity contribution in [3.63, 3.8) is 0 Å². The first-order valence-electron chi connectivity index (χ1n) is 5.39. The fraction of sp³-hybridized carbons (Fsp3) is 0.333. The van der Waals surface area contributed by atoms with Gasteiger partial charge in [0.1, 0.15) is 0 Å². The van der Waals surface area contributed by atoms with E-state index >= 15 is 0 Å². The molecule has 0 aliphatic rings. The second-order valence-corrected chi connectivity index (χ2v) is 3.71. The lowest BCUT2D eigenvalue weighted by Crippen LogP contribution is -2.19. The van der Waals surface area contributed by atoms with Crippen LogP contribution >= 0.6 is 0 Å². The maximum absolute atomic E-state index is 11.5. The first-order valence-corrected chi connectivity index (χ1v) is 5.39. The van der Waals surface area contributed by atoms with Gasteiger partial charge in [0.2, 0.25) is 5.78 Å². The van der Waals surface area contributed by atoms with E-state index in [9.17, 15) is 19.7 Å². The molecule has 0 fully saturated rings. The molecule has 0 amide bonds. The molecule has 0 aromatic heterocycles. The fourth-order valence-corrected chi connectivity index (χ4v) is 1.49. The molecule has 0 heterocycles. The molecule has 6 nitrogen and oxygen atoms in total. The minimum absolute atomic E-state index is 0.0977. The zero-order chi connectivity index (χ0) is 13.7. The van der Waals surface area contributed by atoms with E-state index in [4.69, 9.17) is 0 Å². The molecule has 0 N–H and O–H groups in total. The zero-order valence-corrected chi connectivity index (χ0v) is 10.1. The molecule has 18 heavy (non-hydrogen) atoms. The normalized spacial score (nSPS) is 9.89. The number of hydrogen-bond donors (Lipinski definition) is 0. The second-order valence-electron chi connectivity index (χ2n) is 3.71. The Labute approximate surface area is 104 Å². The molecular weight excluding hydrogens is 238 g/mol. The van der Waals surface area contributed by atoms with E-state index in [1.165, 1.54) is 12.1 Å². The number of carbonyl (C=O) groups excluding carboxylic acids is 2. The first-order chi connectivity index (χ1) is 8.45. The summed E-state index contributed by atoms with van der Waals surface area (Å²) < 4.78 is 4.55. The predicted octanol–water partition coefficient (Wildman–Crippen LogP) is 1.58. The van der Waals surface area contributed by atoms with Crippen molar-refractivity contribution >= 4 is 17.4 Å². The van der Waals surface area contributed by atoms with Crippen LogP contribution in [0.4, 0.5) is 5.69 Å². The van der Waals surface area contributed by atoms with Crippen molar-refractivity contribution in [3.05, 3.63) is 39.4 Å². The number of carbonyl (C=O) groups is 2. The monoisotopic (exact) mass is 251 g/mol. The van der Waals surface area contributed by atoms with Crippen LogP contribution in [0.1, 0.15) is 18.1 Å². The van der Waals surface area contributed by atoms with Crippen LogP contribution in [0.2, 0.25) is 0 Å². The number of aryl methyl sites for hydroxylation is 1. The average Bonchev–Trinajstić information content (AvgIpc) is 2.28. The standard InChI is InChI=1S/C12H13NO5/c1-3-18-12(15)11(14)7-9-6-8(2)4-5-10(9)13(16)17/h4-6H,3,7H2,1-2H3. The molecule has 96 valence electrons. The number of esters is 1. The predicted molar refractivity (Wildman–Crippen MR) is 63.2 cm³/mol. The SMILES string of the molecule is CCOC(=O)C(=O)Cc1cc(C)ccc1[N+](=O)[O-]. The van der Waals surface area contributed by atoms with Gasteiger partial charge in [-0.3, -0.25) is 14.9 Å². The van der Waals surface area contributed by atoms with Crippen LogP contribution < -0.4 is 0 Å². The van der Waals surface area contributed by atoms with Crippen molar-refractivity contribution in [1.82, 2.24) is 0 Å². The molecule has 0 atom stereocenters. The molecule has 0 unspecified atom stereocenters. The van der Waals surface area contributed by atoms with Gasteiger partial charge in [0.15, 0.2) is 0 Å². The van der Waals surface area contributed by atoms with Gasteiger partial charge in [0, 0.05) is 18.1 Å². The maximum atomic E-state index is 11.5. The van der Waals surface area contributed by atoms with Crippen LogP contribution in [-0.2, 0) is 20.7 Å². The van der Waals surface area contributed by atoms with Gasteiger partial charge in [-0.15, -0.1) is 0 Å². The van der Waals surface area contributed by atoms with Crippen LogP contribution in [0.15, 0.2) is 18.2 Å². The van der Waals surface area contributed by atoms with Crippen LogP contribution in [0.5, 0.6) is 0 Å². The number of nitro benzene ring substituents is 1. The Hall–Kier alpha value is -2.24. The molecule has 6 heteroatoms. The number of ether oxygens (including phenoxy) is 1. The minimum Gasteiger partial charge on any atom is -0.460 e. The van der Waals surface area contributed by atoms with Crippen molar-refractivity contribution < 1.29 is 19.2 Å². The number of rotatable bonds is 5. The highest BCUT2D eigenvalue weighted by molar-refractivity contribution is 6.34. The third-order valence-electron chi connectivity index (χ3n) is 2.29. The average molecular weight is 251 g/mol. The van der Waals surface area contributed by atoms with E-state index in [1.807, 2.05) is 0 Å². The van der Waals surface area contributed by atoms with Crippen molar-refractivity contribution in [2.75, 3.05) is 6.61 Å². The molecule has 1 rings (SSSR count). The molecule has 0 radical (unpaired) electrons. The lowest BCUT2D eigenvalue weighted by molar-refractivity contribution is -0.385. The summed E-state index contributed by atoms with van der Waals surface area (Å²) in [6.07, 6.45) is -0.323. The summed E-state index contributed by atoms with van der Waals surface area (Å²) in [6, 6.07) is 4.43. The summed E-state index contributed by atoms with van der Waals surface area (Å²) >= 11 is 0. The minimum atomic E-state index is -0.965. The quantitative estimate of drug-likeness (QED) is 0.343. The third kappa shape index (κ3) is 3.38. The Bertz CT molecular complexity index is 495. The summed E-state index contributed by atoms with van der Waals surface area (Å²) in [5, 5.41) is 10.8. The van der Waals surface area contributed by atoms with Crippen LogP contribution in [-0.4, -0.2) is 23.3 Å². The van der Waals surface area contributed by atoms with E-state index in [0.717, 1.165) is 5.56 Å². The topological polar surface area (TPSA) is 86.5 Å². The largest absolute Gasteiger partial charge is 0.460 e. The molecular formula is C12H13NO5. The Kier molecular flexibility index (Phi) is 4.53. The van der Waals surface area contributed by atoms with Crippen LogP contribution in [0.25, 0.3) is 0 Å². The van der Waals surface area contributed by atoms with Gasteiger partial charge in [0.25, 0.3) is 5.69 Å². The Morgan fingerprint density at radius 2 is 2.06 bits per heavy atom. The van der Waals surface area contributed by atoms with Crippen LogP contribution in [0.3, 0.4) is 0 Å².